The zero-order valence-electron chi connectivity index (χ0n) is 22.8. The molecular formula is C34H38O5S. The van der Waals surface area contributed by atoms with Gasteiger partial charge in [0.25, 0.3) is 0 Å². The van der Waals surface area contributed by atoms with Crippen LogP contribution < -0.4 is 0 Å². The summed E-state index contributed by atoms with van der Waals surface area (Å²) < 4.78 is 18.9. The molecule has 0 heterocycles. The van der Waals surface area contributed by atoms with Gasteiger partial charge in [-0.1, -0.05) is 128 Å². The first-order valence-electron chi connectivity index (χ1n) is 13.6. The van der Waals surface area contributed by atoms with Gasteiger partial charge in [0.05, 0.1) is 32.5 Å². The number of thioether (sulfide) groups is 1. The molecule has 4 aromatic carbocycles. The fourth-order valence-electron chi connectivity index (χ4n) is 4.41. The summed E-state index contributed by atoms with van der Waals surface area (Å²) in [5, 5.41) is 22.6. The first kappa shape index (κ1) is 30.0. The zero-order chi connectivity index (χ0) is 28.0. The maximum atomic E-state index is 11.5. The Morgan fingerprint density at radius 2 is 1.00 bits per heavy atom. The van der Waals surface area contributed by atoms with E-state index in [1.807, 2.05) is 128 Å². The highest BCUT2D eigenvalue weighted by atomic mass is 32.2. The number of aliphatic hydroxyl groups excluding tert-OH is 2. The van der Waals surface area contributed by atoms with Crippen LogP contribution in [-0.4, -0.2) is 40.6 Å². The first-order valence-corrected chi connectivity index (χ1v) is 14.5. The Kier molecular flexibility index (Phi) is 12.2. The second kappa shape index (κ2) is 16.3. The van der Waals surface area contributed by atoms with Crippen molar-refractivity contribution in [2.45, 2.75) is 55.4 Å². The second-order valence-corrected chi connectivity index (χ2v) is 11.0. The van der Waals surface area contributed by atoms with Gasteiger partial charge >= 0.3 is 0 Å². The summed E-state index contributed by atoms with van der Waals surface area (Å²) in [6, 6.07) is 39.3. The second-order valence-electron chi connectivity index (χ2n) is 9.81. The molecule has 0 bridgehead atoms. The van der Waals surface area contributed by atoms with Crippen molar-refractivity contribution in [1.82, 2.24) is 0 Å². The molecule has 5 atom stereocenters. The smallest absolute Gasteiger partial charge is 0.132 e. The number of hydrogen-bond acceptors (Lipinski definition) is 6. The third-order valence-corrected chi connectivity index (χ3v) is 7.64. The van der Waals surface area contributed by atoms with Crippen molar-refractivity contribution in [3.8, 4) is 0 Å². The van der Waals surface area contributed by atoms with Crippen LogP contribution in [0.25, 0.3) is 0 Å². The Bertz CT molecular complexity index is 1210. The van der Waals surface area contributed by atoms with Crippen molar-refractivity contribution in [2.24, 2.45) is 5.92 Å². The normalized spacial score (nSPS) is 15.2. The van der Waals surface area contributed by atoms with Crippen molar-refractivity contribution in [2.75, 3.05) is 6.61 Å². The molecule has 0 aromatic heterocycles. The monoisotopic (exact) mass is 558 g/mol. The first-order chi connectivity index (χ1) is 19.6. The summed E-state index contributed by atoms with van der Waals surface area (Å²) in [5.74, 6) is -0.142. The molecule has 0 aliphatic carbocycles. The molecule has 4 aromatic rings. The minimum atomic E-state index is -1.22. The molecule has 6 heteroatoms. The van der Waals surface area contributed by atoms with Crippen molar-refractivity contribution < 1.29 is 24.4 Å². The quantitative estimate of drug-likeness (QED) is 0.121. The average molecular weight is 559 g/mol. The van der Waals surface area contributed by atoms with E-state index in [1.165, 1.54) is 11.8 Å². The highest BCUT2D eigenvalue weighted by Crippen LogP contribution is 2.29. The van der Waals surface area contributed by atoms with Gasteiger partial charge in [0.15, 0.2) is 0 Å². The van der Waals surface area contributed by atoms with Gasteiger partial charge in [-0.15, -0.1) is 0 Å². The Labute approximate surface area is 241 Å². The van der Waals surface area contributed by atoms with Crippen molar-refractivity contribution in [1.29, 1.82) is 0 Å². The van der Waals surface area contributed by atoms with Crippen LogP contribution in [-0.2, 0) is 34.0 Å². The summed E-state index contributed by atoms with van der Waals surface area (Å²) in [5.41, 5.74) is 1.95. The third kappa shape index (κ3) is 9.59. The molecule has 5 unspecified atom stereocenters. The molecule has 0 saturated carbocycles. The highest BCUT2D eigenvalue weighted by molar-refractivity contribution is 7.99. The average Bonchev–Trinajstić information content (AvgIpc) is 3.00. The van der Waals surface area contributed by atoms with Crippen LogP contribution in [0.15, 0.2) is 126 Å². The molecule has 210 valence electrons. The molecule has 0 aliphatic rings. The van der Waals surface area contributed by atoms with Gasteiger partial charge in [-0.25, -0.2) is 0 Å². The van der Waals surface area contributed by atoms with E-state index in [0.717, 1.165) is 21.6 Å². The van der Waals surface area contributed by atoms with Crippen LogP contribution in [0.3, 0.4) is 0 Å². The molecule has 5 nitrogen and oxygen atoms in total. The predicted molar refractivity (Wildman–Crippen MR) is 160 cm³/mol. The topological polar surface area (TPSA) is 68.2 Å². The number of hydrogen-bond donors (Lipinski definition) is 2. The van der Waals surface area contributed by atoms with Gasteiger partial charge in [-0.3, -0.25) is 0 Å². The summed E-state index contributed by atoms with van der Waals surface area (Å²) in [7, 11) is 0. The van der Waals surface area contributed by atoms with Gasteiger partial charge in [0.2, 0.25) is 0 Å². The molecule has 0 aliphatic heterocycles. The lowest BCUT2D eigenvalue weighted by Crippen LogP contribution is -2.49. The minimum absolute atomic E-state index is 0.142. The largest absolute Gasteiger partial charge is 0.387 e. The lowest BCUT2D eigenvalue weighted by molar-refractivity contribution is -0.166. The molecule has 40 heavy (non-hydrogen) atoms. The van der Waals surface area contributed by atoms with Crippen LogP contribution in [0.5, 0.6) is 0 Å². The molecule has 0 saturated heterocycles. The van der Waals surface area contributed by atoms with E-state index in [-0.39, 0.29) is 12.5 Å². The lowest BCUT2D eigenvalue weighted by Gasteiger charge is -2.36. The molecule has 4 rings (SSSR count). The number of aliphatic hydroxyl groups is 2. The summed E-state index contributed by atoms with van der Waals surface area (Å²) in [4.78, 5) is 0.858. The summed E-state index contributed by atoms with van der Waals surface area (Å²) in [6.45, 7) is 3.51. The molecule has 0 amide bonds. The SMILES string of the molecule is CC(COCc1ccccc1)C(OCc1ccccc1)C(OCc1ccccc1)C(O)C(O)Sc1ccccc1. The minimum Gasteiger partial charge on any atom is -0.387 e. The van der Waals surface area contributed by atoms with Crippen molar-refractivity contribution in [3.05, 3.63) is 138 Å². The van der Waals surface area contributed by atoms with Crippen LogP contribution in [0.2, 0.25) is 0 Å². The summed E-state index contributed by atoms with van der Waals surface area (Å²) in [6.07, 6.45) is -2.59. The van der Waals surface area contributed by atoms with Crippen LogP contribution in [0, 0.1) is 5.92 Å². The number of ether oxygens (including phenoxy) is 3. The highest BCUT2D eigenvalue weighted by Gasteiger charge is 2.38. The molecule has 2 N–H and O–H groups in total. The van der Waals surface area contributed by atoms with Crippen LogP contribution >= 0.6 is 11.8 Å². The lowest BCUT2D eigenvalue weighted by atomic mass is 9.96. The Hall–Kier alpha value is -2.97. The molecular weight excluding hydrogens is 520 g/mol. The van der Waals surface area contributed by atoms with E-state index in [9.17, 15) is 10.2 Å². The Morgan fingerprint density at radius 3 is 1.50 bits per heavy atom. The fourth-order valence-corrected chi connectivity index (χ4v) is 5.29. The fraction of sp³-hybridized carbons (Fsp3) is 0.294. The van der Waals surface area contributed by atoms with Gasteiger partial charge in [0, 0.05) is 10.8 Å². The third-order valence-electron chi connectivity index (χ3n) is 6.58. The van der Waals surface area contributed by atoms with Crippen LogP contribution in [0.4, 0.5) is 0 Å². The van der Waals surface area contributed by atoms with E-state index in [4.69, 9.17) is 14.2 Å². The Morgan fingerprint density at radius 1 is 0.575 bits per heavy atom. The van der Waals surface area contributed by atoms with Crippen molar-refractivity contribution in [3.63, 3.8) is 0 Å². The predicted octanol–water partition coefficient (Wildman–Crippen LogP) is 6.48. The van der Waals surface area contributed by atoms with E-state index < -0.39 is 23.7 Å². The van der Waals surface area contributed by atoms with Crippen molar-refractivity contribution >= 4 is 11.8 Å². The maximum absolute atomic E-state index is 11.5. The van der Waals surface area contributed by atoms with E-state index >= 15 is 0 Å². The zero-order valence-corrected chi connectivity index (χ0v) is 23.6. The maximum Gasteiger partial charge on any atom is 0.132 e. The number of benzene rings is 4. The Balaban J connectivity index is 1.53. The van der Waals surface area contributed by atoms with E-state index in [0.29, 0.717) is 19.8 Å². The van der Waals surface area contributed by atoms with Gasteiger partial charge in [0.1, 0.15) is 17.6 Å². The van der Waals surface area contributed by atoms with Gasteiger partial charge in [-0.2, -0.15) is 0 Å². The van der Waals surface area contributed by atoms with Gasteiger partial charge in [-0.05, 0) is 28.8 Å². The van der Waals surface area contributed by atoms with Crippen LogP contribution in [0.1, 0.15) is 23.6 Å². The van der Waals surface area contributed by atoms with E-state index in [2.05, 4.69) is 0 Å². The molecule has 0 fully saturated rings. The number of rotatable bonds is 16. The van der Waals surface area contributed by atoms with E-state index in [1.54, 1.807) is 0 Å². The standard InChI is InChI=1S/C34H38O5S/c1-26(22-37-23-27-14-6-2-7-15-27)32(38-24-28-16-8-3-9-17-28)33(39-25-29-18-10-4-11-19-29)31(35)34(36)40-30-20-12-5-13-21-30/h2-21,26,31-36H,22-25H2,1H3. The molecule has 0 spiro atoms. The molecule has 0 radical (unpaired) electrons. The summed E-state index contributed by atoms with van der Waals surface area (Å²) >= 11 is 1.20. The van der Waals surface area contributed by atoms with Gasteiger partial charge < -0.3 is 24.4 Å².